The van der Waals surface area contributed by atoms with Crippen molar-refractivity contribution in [2.45, 2.75) is 13.8 Å². The highest BCUT2D eigenvalue weighted by atomic mass is 16.5. The van der Waals surface area contributed by atoms with Crippen molar-refractivity contribution in [1.29, 1.82) is 0 Å². The Balaban J connectivity index is 1.83. The van der Waals surface area contributed by atoms with Crippen molar-refractivity contribution in [3.63, 3.8) is 0 Å². The predicted octanol–water partition coefficient (Wildman–Crippen LogP) is 3.34. The Hall–Kier alpha value is -2.16. The van der Waals surface area contributed by atoms with Crippen LogP contribution in [0.15, 0.2) is 42.5 Å². The van der Waals surface area contributed by atoms with Gasteiger partial charge >= 0.3 is 0 Å². The minimum absolute atomic E-state index is 0.474. The molecule has 0 aliphatic heterocycles. The zero-order chi connectivity index (χ0) is 13.7. The number of aryl methyl sites for hydroxylation is 2. The minimum atomic E-state index is 0.474. The van der Waals surface area contributed by atoms with E-state index >= 15 is 0 Å². The van der Waals surface area contributed by atoms with E-state index in [0.717, 1.165) is 16.9 Å². The van der Waals surface area contributed by atoms with Crippen LogP contribution in [-0.2, 0) is 0 Å². The van der Waals surface area contributed by atoms with Crippen molar-refractivity contribution >= 4 is 5.69 Å². The zero-order valence-corrected chi connectivity index (χ0v) is 11.3. The summed E-state index contributed by atoms with van der Waals surface area (Å²) in [5.74, 6) is 1.60. The van der Waals surface area contributed by atoms with Crippen molar-refractivity contribution in [1.82, 2.24) is 0 Å². The third-order valence-corrected chi connectivity index (χ3v) is 2.86. The molecule has 0 aliphatic rings. The third-order valence-electron chi connectivity index (χ3n) is 2.86. The lowest BCUT2D eigenvalue weighted by Crippen LogP contribution is -2.10. The molecule has 0 unspecified atom stereocenters. The fourth-order valence-electron chi connectivity index (χ4n) is 1.82. The fourth-order valence-corrected chi connectivity index (χ4v) is 1.82. The van der Waals surface area contributed by atoms with Gasteiger partial charge in [-0.3, -0.25) is 0 Å². The van der Waals surface area contributed by atoms with E-state index in [1.54, 1.807) is 0 Å². The molecule has 2 rings (SSSR count). The van der Waals surface area contributed by atoms with Gasteiger partial charge in [-0.15, -0.1) is 0 Å². The van der Waals surface area contributed by atoms with E-state index < -0.39 is 0 Å². The highest BCUT2D eigenvalue weighted by Gasteiger charge is 2.01. The third kappa shape index (κ3) is 3.65. The molecule has 2 aromatic carbocycles. The molecular weight excluding hydrogens is 238 g/mol. The number of benzene rings is 2. The Morgan fingerprint density at radius 2 is 1.58 bits per heavy atom. The van der Waals surface area contributed by atoms with Crippen LogP contribution in [0.5, 0.6) is 11.5 Å². The van der Waals surface area contributed by atoms with E-state index in [4.69, 9.17) is 15.2 Å². The summed E-state index contributed by atoms with van der Waals surface area (Å²) in [5, 5.41) is 0. The van der Waals surface area contributed by atoms with Crippen molar-refractivity contribution in [3.8, 4) is 11.5 Å². The van der Waals surface area contributed by atoms with Gasteiger partial charge in [0, 0.05) is 0 Å². The second-order valence-corrected chi connectivity index (χ2v) is 4.50. The van der Waals surface area contributed by atoms with Gasteiger partial charge in [0.1, 0.15) is 24.7 Å². The maximum Gasteiger partial charge on any atom is 0.142 e. The molecule has 0 saturated heterocycles. The summed E-state index contributed by atoms with van der Waals surface area (Å²) < 4.78 is 11.3. The van der Waals surface area contributed by atoms with Crippen LogP contribution in [0.3, 0.4) is 0 Å². The number of hydrogen-bond acceptors (Lipinski definition) is 3. The van der Waals surface area contributed by atoms with Crippen molar-refractivity contribution in [2.24, 2.45) is 0 Å². The molecular formula is C16H19NO2. The lowest BCUT2D eigenvalue weighted by Gasteiger charge is -2.11. The standard InChI is InChI=1S/C16H19NO2/c1-12-7-8-16(14(17)11-12)19-10-9-18-15-6-4-3-5-13(15)2/h3-8,11H,9-10,17H2,1-2H3. The van der Waals surface area contributed by atoms with Crippen LogP contribution in [0.4, 0.5) is 5.69 Å². The monoisotopic (exact) mass is 257 g/mol. The Labute approximate surface area is 114 Å². The maximum absolute atomic E-state index is 5.87. The van der Waals surface area contributed by atoms with Gasteiger partial charge in [0.05, 0.1) is 5.69 Å². The number of nitrogen functional groups attached to an aromatic ring is 1. The normalized spacial score (nSPS) is 10.2. The van der Waals surface area contributed by atoms with E-state index in [1.165, 1.54) is 0 Å². The molecule has 0 fully saturated rings. The first kappa shape index (κ1) is 13.3. The van der Waals surface area contributed by atoms with Crippen LogP contribution in [0.1, 0.15) is 11.1 Å². The molecule has 2 N–H and O–H groups in total. The van der Waals surface area contributed by atoms with Gasteiger partial charge in [-0.1, -0.05) is 24.3 Å². The van der Waals surface area contributed by atoms with Crippen molar-refractivity contribution in [2.75, 3.05) is 18.9 Å². The average Bonchev–Trinajstić information content (AvgIpc) is 2.38. The lowest BCUT2D eigenvalue weighted by molar-refractivity contribution is 0.217. The fraction of sp³-hybridized carbons (Fsp3) is 0.250. The topological polar surface area (TPSA) is 44.5 Å². The Morgan fingerprint density at radius 3 is 2.26 bits per heavy atom. The second kappa shape index (κ2) is 6.14. The molecule has 0 spiro atoms. The lowest BCUT2D eigenvalue weighted by atomic mass is 10.2. The van der Waals surface area contributed by atoms with Crippen LogP contribution < -0.4 is 15.2 Å². The summed E-state index contributed by atoms with van der Waals surface area (Å²) >= 11 is 0. The van der Waals surface area contributed by atoms with Crippen LogP contribution in [-0.4, -0.2) is 13.2 Å². The smallest absolute Gasteiger partial charge is 0.142 e. The number of anilines is 1. The molecule has 0 atom stereocenters. The Kier molecular flexibility index (Phi) is 4.29. The van der Waals surface area contributed by atoms with Gasteiger partial charge in [0.25, 0.3) is 0 Å². The first-order valence-electron chi connectivity index (χ1n) is 6.34. The first-order valence-corrected chi connectivity index (χ1v) is 6.34. The van der Waals surface area contributed by atoms with Gasteiger partial charge < -0.3 is 15.2 Å². The van der Waals surface area contributed by atoms with E-state index in [-0.39, 0.29) is 0 Å². The molecule has 0 heterocycles. The number of ether oxygens (including phenoxy) is 2. The number of nitrogens with two attached hydrogens (primary N) is 1. The molecule has 3 heteroatoms. The SMILES string of the molecule is Cc1ccc(OCCOc2ccccc2C)c(N)c1. The Bertz CT molecular complexity index is 552. The highest BCUT2D eigenvalue weighted by Crippen LogP contribution is 2.22. The molecule has 100 valence electrons. The van der Waals surface area contributed by atoms with Gasteiger partial charge in [0.15, 0.2) is 0 Å². The number of hydrogen-bond donors (Lipinski definition) is 1. The van der Waals surface area contributed by atoms with Crippen LogP contribution >= 0.6 is 0 Å². The van der Waals surface area contributed by atoms with E-state index in [0.29, 0.717) is 24.7 Å². The van der Waals surface area contributed by atoms with Crippen LogP contribution in [0, 0.1) is 13.8 Å². The quantitative estimate of drug-likeness (QED) is 0.660. The second-order valence-electron chi connectivity index (χ2n) is 4.50. The molecule has 0 radical (unpaired) electrons. The van der Waals surface area contributed by atoms with Gasteiger partial charge in [-0.25, -0.2) is 0 Å². The van der Waals surface area contributed by atoms with Crippen LogP contribution in [0.25, 0.3) is 0 Å². The summed E-state index contributed by atoms with van der Waals surface area (Å²) in [7, 11) is 0. The minimum Gasteiger partial charge on any atom is -0.490 e. The van der Waals surface area contributed by atoms with E-state index in [1.807, 2.05) is 56.3 Å². The molecule has 0 amide bonds. The average molecular weight is 257 g/mol. The summed E-state index contributed by atoms with van der Waals surface area (Å²) in [6.45, 7) is 5.00. The molecule has 0 saturated carbocycles. The first-order chi connectivity index (χ1) is 9.16. The number of para-hydroxylation sites is 1. The highest BCUT2D eigenvalue weighted by molar-refractivity contribution is 5.54. The molecule has 2 aromatic rings. The van der Waals surface area contributed by atoms with Crippen molar-refractivity contribution < 1.29 is 9.47 Å². The maximum atomic E-state index is 5.87. The molecule has 3 nitrogen and oxygen atoms in total. The largest absolute Gasteiger partial charge is 0.490 e. The molecule has 0 bridgehead atoms. The zero-order valence-electron chi connectivity index (χ0n) is 11.3. The van der Waals surface area contributed by atoms with Gasteiger partial charge in [0.2, 0.25) is 0 Å². The molecule has 19 heavy (non-hydrogen) atoms. The van der Waals surface area contributed by atoms with Gasteiger partial charge in [-0.05, 0) is 43.2 Å². The van der Waals surface area contributed by atoms with E-state index in [9.17, 15) is 0 Å². The summed E-state index contributed by atoms with van der Waals surface area (Å²) in [4.78, 5) is 0. The molecule has 0 aliphatic carbocycles. The van der Waals surface area contributed by atoms with Crippen molar-refractivity contribution in [3.05, 3.63) is 53.6 Å². The number of rotatable bonds is 5. The van der Waals surface area contributed by atoms with E-state index in [2.05, 4.69) is 0 Å². The summed E-state index contributed by atoms with van der Waals surface area (Å²) in [6.07, 6.45) is 0. The predicted molar refractivity (Wildman–Crippen MR) is 77.8 cm³/mol. The summed E-state index contributed by atoms with van der Waals surface area (Å²) in [5.41, 5.74) is 8.78. The Morgan fingerprint density at radius 1 is 0.895 bits per heavy atom. The molecule has 0 aromatic heterocycles. The van der Waals surface area contributed by atoms with Crippen LogP contribution in [0.2, 0.25) is 0 Å². The summed E-state index contributed by atoms with van der Waals surface area (Å²) in [6, 6.07) is 13.7. The van der Waals surface area contributed by atoms with Gasteiger partial charge in [-0.2, -0.15) is 0 Å².